The van der Waals surface area contributed by atoms with Gasteiger partial charge in [-0.05, 0) is 31.7 Å². The predicted molar refractivity (Wildman–Crippen MR) is 117 cm³/mol. The molecule has 0 saturated heterocycles. The van der Waals surface area contributed by atoms with Gasteiger partial charge in [-0.3, -0.25) is 9.59 Å². The fourth-order valence-corrected chi connectivity index (χ4v) is 4.77. The van der Waals surface area contributed by atoms with E-state index in [1.165, 1.54) is 11.3 Å². The summed E-state index contributed by atoms with van der Waals surface area (Å²) in [5.74, 6) is -3.05. The van der Waals surface area contributed by atoms with E-state index in [0.29, 0.717) is 42.0 Å². The lowest BCUT2D eigenvalue weighted by atomic mass is 9.79. The number of nitrogens with one attached hydrogen (secondary N) is 1. The molecule has 160 valence electrons. The van der Waals surface area contributed by atoms with Crippen molar-refractivity contribution in [3.8, 4) is 11.1 Å². The minimum atomic E-state index is -0.941. The summed E-state index contributed by atoms with van der Waals surface area (Å²) in [4.78, 5) is 37.3. The van der Waals surface area contributed by atoms with Crippen LogP contribution >= 0.6 is 11.3 Å². The highest BCUT2D eigenvalue weighted by Gasteiger charge is 2.36. The van der Waals surface area contributed by atoms with Crippen molar-refractivity contribution in [1.29, 1.82) is 0 Å². The van der Waals surface area contributed by atoms with E-state index in [1.54, 1.807) is 0 Å². The molecule has 3 rings (SSSR count). The molecule has 1 fully saturated rings. The predicted octanol–water partition coefficient (Wildman–Crippen LogP) is 5.12. The molecular formula is C23H27NO5S. The molecule has 0 unspecified atom stereocenters. The number of amides is 1. The Balaban J connectivity index is 1.91. The summed E-state index contributed by atoms with van der Waals surface area (Å²) in [6.45, 7) is 4.20. The second-order valence-corrected chi connectivity index (χ2v) is 8.56. The van der Waals surface area contributed by atoms with Crippen molar-refractivity contribution in [3.05, 3.63) is 40.8 Å². The average molecular weight is 430 g/mol. The molecule has 1 aromatic heterocycles. The van der Waals surface area contributed by atoms with Crippen LogP contribution in [0.2, 0.25) is 0 Å². The van der Waals surface area contributed by atoms with Crippen molar-refractivity contribution < 1.29 is 24.2 Å². The molecule has 2 aromatic rings. The van der Waals surface area contributed by atoms with Gasteiger partial charge < -0.3 is 15.2 Å². The van der Waals surface area contributed by atoms with Gasteiger partial charge in [0.25, 0.3) is 0 Å². The van der Waals surface area contributed by atoms with Crippen LogP contribution in [0.25, 0.3) is 11.1 Å². The van der Waals surface area contributed by atoms with Gasteiger partial charge in [0.2, 0.25) is 5.91 Å². The SMILES string of the molecule is CCCOC(=O)c1c(-c2ccc(C)cc2)csc1NC(=O)[C@H]1CCCC[C@@H]1C(=O)O. The molecule has 1 aromatic carbocycles. The molecule has 1 saturated carbocycles. The van der Waals surface area contributed by atoms with E-state index in [1.807, 2.05) is 43.5 Å². The standard InChI is InChI=1S/C23H27NO5S/c1-3-12-29-23(28)19-18(15-10-8-14(2)9-11-15)13-30-21(19)24-20(25)16-6-4-5-7-17(16)22(26)27/h8-11,13,16-17H,3-7,12H2,1-2H3,(H,24,25)(H,26,27)/t16-,17-/m0/s1. The van der Waals surface area contributed by atoms with Crippen molar-refractivity contribution >= 4 is 34.2 Å². The minimum Gasteiger partial charge on any atom is -0.481 e. The summed E-state index contributed by atoms with van der Waals surface area (Å²) in [5.41, 5.74) is 3.00. The number of esters is 1. The topological polar surface area (TPSA) is 92.7 Å². The zero-order valence-electron chi connectivity index (χ0n) is 17.3. The van der Waals surface area contributed by atoms with Crippen LogP contribution < -0.4 is 5.32 Å². The number of ether oxygens (including phenoxy) is 1. The molecule has 1 aliphatic rings. The van der Waals surface area contributed by atoms with Gasteiger partial charge in [0.1, 0.15) is 10.6 Å². The molecule has 30 heavy (non-hydrogen) atoms. The van der Waals surface area contributed by atoms with Crippen molar-refractivity contribution in [2.24, 2.45) is 11.8 Å². The number of thiophene rings is 1. The summed E-state index contributed by atoms with van der Waals surface area (Å²) < 4.78 is 5.37. The summed E-state index contributed by atoms with van der Waals surface area (Å²) >= 11 is 1.26. The van der Waals surface area contributed by atoms with Crippen molar-refractivity contribution in [2.75, 3.05) is 11.9 Å². The van der Waals surface area contributed by atoms with Gasteiger partial charge in [-0.25, -0.2) is 4.79 Å². The van der Waals surface area contributed by atoms with Crippen molar-refractivity contribution in [3.63, 3.8) is 0 Å². The molecule has 1 aliphatic carbocycles. The first-order valence-corrected chi connectivity index (χ1v) is 11.2. The molecule has 6 nitrogen and oxygen atoms in total. The Morgan fingerprint density at radius 2 is 1.80 bits per heavy atom. The largest absolute Gasteiger partial charge is 0.481 e. The normalized spacial score (nSPS) is 18.6. The van der Waals surface area contributed by atoms with Gasteiger partial charge in [0.05, 0.1) is 18.4 Å². The van der Waals surface area contributed by atoms with Crippen LogP contribution in [0.1, 0.15) is 54.9 Å². The van der Waals surface area contributed by atoms with E-state index in [0.717, 1.165) is 24.0 Å². The Morgan fingerprint density at radius 1 is 1.13 bits per heavy atom. The second kappa shape index (κ2) is 9.89. The van der Waals surface area contributed by atoms with Crippen LogP contribution in [0.5, 0.6) is 0 Å². The molecule has 0 aliphatic heterocycles. The summed E-state index contributed by atoms with van der Waals surface area (Å²) in [5, 5.41) is 14.6. The molecule has 0 spiro atoms. The van der Waals surface area contributed by atoms with Crippen LogP contribution in [0, 0.1) is 18.8 Å². The van der Waals surface area contributed by atoms with Gasteiger partial charge in [-0.15, -0.1) is 11.3 Å². The van der Waals surface area contributed by atoms with E-state index >= 15 is 0 Å². The lowest BCUT2D eigenvalue weighted by Crippen LogP contribution is -2.36. The highest BCUT2D eigenvalue weighted by Crippen LogP contribution is 2.38. The second-order valence-electron chi connectivity index (χ2n) is 7.68. The van der Waals surface area contributed by atoms with Crippen LogP contribution in [0.4, 0.5) is 5.00 Å². The van der Waals surface area contributed by atoms with Crippen molar-refractivity contribution in [2.45, 2.75) is 46.0 Å². The van der Waals surface area contributed by atoms with Gasteiger partial charge >= 0.3 is 11.9 Å². The van der Waals surface area contributed by atoms with Gasteiger partial charge in [0.15, 0.2) is 0 Å². The molecule has 0 radical (unpaired) electrons. The van der Waals surface area contributed by atoms with Crippen LogP contribution in [-0.4, -0.2) is 29.6 Å². The number of carbonyl (C=O) groups is 3. The quantitative estimate of drug-likeness (QED) is 0.596. The van der Waals surface area contributed by atoms with Crippen LogP contribution in [-0.2, 0) is 14.3 Å². The number of hydrogen-bond donors (Lipinski definition) is 2. The number of carboxylic acid groups (broad SMARTS) is 1. The first-order chi connectivity index (χ1) is 14.4. The van der Waals surface area contributed by atoms with Gasteiger partial charge in [0, 0.05) is 10.9 Å². The van der Waals surface area contributed by atoms with Crippen LogP contribution in [0.15, 0.2) is 29.6 Å². The third-order valence-corrected chi connectivity index (χ3v) is 6.35. The Kier molecular flexibility index (Phi) is 7.26. The number of benzene rings is 1. The molecular weight excluding hydrogens is 402 g/mol. The molecule has 1 heterocycles. The first kappa shape index (κ1) is 22.0. The first-order valence-electron chi connectivity index (χ1n) is 10.3. The highest BCUT2D eigenvalue weighted by atomic mass is 32.1. The molecule has 1 amide bonds. The van der Waals surface area contributed by atoms with E-state index in [9.17, 15) is 19.5 Å². The fraction of sp³-hybridized carbons (Fsp3) is 0.435. The van der Waals surface area contributed by atoms with E-state index in [-0.39, 0.29) is 5.91 Å². The molecule has 2 atom stereocenters. The van der Waals surface area contributed by atoms with Crippen LogP contribution in [0.3, 0.4) is 0 Å². The zero-order valence-corrected chi connectivity index (χ0v) is 18.1. The Bertz CT molecular complexity index is 918. The number of anilines is 1. The van der Waals surface area contributed by atoms with Crippen molar-refractivity contribution in [1.82, 2.24) is 0 Å². The van der Waals surface area contributed by atoms with E-state index in [2.05, 4.69) is 5.32 Å². The number of aryl methyl sites for hydroxylation is 1. The number of hydrogen-bond acceptors (Lipinski definition) is 5. The Morgan fingerprint density at radius 3 is 2.43 bits per heavy atom. The zero-order chi connectivity index (χ0) is 21.7. The maximum absolute atomic E-state index is 12.9. The summed E-state index contributed by atoms with van der Waals surface area (Å²) in [7, 11) is 0. The number of rotatable bonds is 7. The monoisotopic (exact) mass is 429 g/mol. The fourth-order valence-electron chi connectivity index (χ4n) is 3.81. The third-order valence-electron chi connectivity index (χ3n) is 5.45. The Hall–Kier alpha value is -2.67. The van der Waals surface area contributed by atoms with Gasteiger partial charge in [-0.1, -0.05) is 49.6 Å². The summed E-state index contributed by atoms with van der Waals surface area (Å²) in [6.07, 6.45) is 3.37. The lowest BCUT2D eigenvalue weighted by molar-refractivity contribution is -0.147. The van der Waals surface area contributed by atoms with E-state index in [4.69, 9.17) is 4.74 Å². The molecule has 0 bridgehead atoms. The molecule has 2 N–H and O–H groups in total. The number of aliphatic carboxylic acids is 1. The highest BCUT2D eigenvalue weighted by molar-refractivity contribution is 7.15. The van der Waals surface area contributed by atoms with E-state index < -0.39 is 23.8 Å². The number of carbonyl (C=O) groups excluding carboxylic acids is 2. The summed E-state index contributed by atoms with van der Waals surface area (Å²) in [6, 6.07) is 7.79. The Labute approximate surface area is 180 Å². The van der Waals surface area contributed by atoms with Gasteiger partial charge in [-0.2, -0.15) is 0 Å². The maximum atomic E-state index is 12.9. The maximum Gasteiger partial charge on any atom is 0.341 e. The third kappa shape index (κ3) is 4.90. The average Bonchev–Trinajstić information content (AvgIpc) is 3.16. The smallest absolute Gasteiger partial charge is 0.341 e. The lowest BCUT2D eigenvalue weighted by Gasteiger charge is -2.27. The minimum absolute atomic E-state index is 0.291. The number of carboxylic acids is 1. The molecule has 7 heteroatoms.